The molecule has 0 heterocycles. The minimum Gasteiger partial charge on any atom is -0.496 e. The van der Waals surface area contributed by atoms with Crippen LogP contribution in [0.1, 0.15) is 39.3 Å². The highest BCUT2D eigenvalue weighted by atomic mass is 16.5. The fraction of sp³-hybridized carbons (Fsp3) is 0.562. The van der Waals surface area contributed by atoms with Crippen molar-refractivity contribution in [1.29, 1.82) is 0 Å². The maximum Gasteiger partial charge on any atom is 0.240 e. The van der Waals surface area contributed by atoms with Gasteiger partial charge in [-0.1, -0.05) is 39.0 Å². The summed E-state index contributed by atoms with van der Waals surface area (Å²) in [5, 5.41) is 0. The van der Waals surface area contributed by atoms with E-state index in [-0.39, 0.29) is 17.4 Å². The molecule has 0 saturated heterocycles. The normalized spacial score (nSPS) is 14.6. The standard InChI is InChI=1S/C16H26N2O2/c1-11(12-9-7-8-10-13(12)20-6)18(5)15(19)14(17)16(2,3)4/h7-11,14H,17H2,1-6H3/t11?,14-/m0/s1. The molecule has 1 unspecified atom stereocenters. The Labute approximate surface area is 121 Å². The number of rotatable bonds is 4. The molecule has 0 aliphatic heterocycles. The van der Waals surface area contributed by atoms with Gasteiger partial charge in [-0.15, -0.1) is 0 Å². The van der Waals surface area contributed by atoms with Crippen LogP contribution in [0.2, 0.25) is 0 Å². The highest BCUT2D eigenvalue weighted by molar-refractivity contribution is 5.82. The molecule has 2 atom stereocenters. The average Bonchev–Trinajstić information content (AvgIpc) is 2.42. The van der Waals surface area contributed by atoms with Gasteiger partial charge in [0.1, 0.15) is 5.75 Å². The summed E-state index contributed by atoms with van der Waals surface area (Å²) in [6.07, 6.45) is 0. The lowest BCUT2D eigenvalue weighted by atomic mass is 9.86. The van der Waals surface area contributed by atoms with Gasteiger partial charge in [0.25, 0.3) is 0 Å². The van der Waals surface area contributed by atoms with Crippen molar-refractivity contribution >= 4 is 5.91 Å². The number of para-hydroxylation sites is 1. The zero-order valence-corrected chi connectivity index (χ0v) is 13.3. The molecular weight excluding hydrogens is 252 g/mol. The Bertz CT molecular complexity index is 466. The van der Waals surface area contributed by atoms with Gasteiger partial charge in [0.2, 0.25) is 5.91 Å². The summed E-state index contributed by atoms with van der Waals surface area (Å²) in [7, 11) is 3.42. The van der Waals surface area contributed by atoms with E-state index in [0.29, 0.717) is 0 Å². The van der Waals surface area contributed by atoms with Crippen LogP contribution in [0.4, 0.5) is 0 Å². The van der Waals surface area contributed by atoms with Crippen molar-refractivity contribution in [2.45, 2.75) is 39.8 Å². The summed E-state index contributed by atoms with van der Waals surface area (Å²) >= 11 is 0. The summed E-state index contributed by atoms with van der Waals surface area (Å²) in [4.78, 5) is 14.2. The number of amides is 1. The number of nitrogens with zero attached hydrogens (tertiary/aromatic N) is 1. The predicted octanol–water partition coefficient (Wildman–Crippen LogP) is 2.59. The number of ether oxygens (including phenoxy) is 1. The van der Waals surface area contributed by atoms with Crippen molar-refractivity contribution in [3.63, 3.8) is 0 Å². The molecule has 0 saturated carbocycles. The number of methoxy groups -OCH3 is 1. The van der Waals surface area contributed by atoms with Gasteiger partial charge in [-0.25, -0.2) is 0 Å². The monoisotopic (exact) mass is 278 g/mol. The third kappa shape index (κ3) is 3.51. The molecule has 2 N–H and O–H groups in total. The first kappa shape index (κ1) is 16.5. The van der Waals surface area contributed by atoms with Crippen molar-refractivity contribution in [1.82, 2.24) is 4.90 Å². The van der Waals surface area contributed by atoms with Crippen molar-refractivity contribution in [3.8, 4) is 5.75 Å². The minimum absolute atomic E-state index is 0.0593. The van der Waals surface area contributed by atoms with Crippen molar-refractivity contribution < 1.29 is 9.53 Å². The van der Waals surface area contributed by atoms with Crippen molar-refractivity contribution in [2.75, 3.05) is 14.2 Å². The molecule has 0 radical (unpaired) electrons. The number of carbonyl (C=O) groups excluding carboxylic acids is 1. The highest BCUT2D eigenvalue weighted by Gasteiger charge is 2.32. The first-order valence-corrected chi connectivity index (χ1v) is 6.85. The van der Waals surface area contributed by atoms with Gasteiger partial charge in [-0.05, 0) is 18.4 Å². The number of hydrogen-bond donors (Lipinski definition) is 1. The van der Waals surface area contributed by atoms with E-state index in [4.69, 9.17) is 10.5 Å². The van der Waals surface area contributed by atoms with Crippen LogP contribution in [0.15, 0.2) is 24.3 Å². The first-order valence-electron chi connectivity index (χ1n) is 6.85. The van der Waals surface area contributed by atoms with Gasteiger partial charge in [-0.3, -0.25) is 4.79 Å². The van der Waals surface area contributed by atoms with Gasteiger partial charge in [-0.2, -0.15) is 0 Å². The van der Waals surface area contributed by atoms with E-state index >= 15 is 0 Å². The van der Waals surface area contributed by atoms with Crippen LogP contribution in [0, 0.1) is 5.41 Å². The fourth-order valence-electron chi connectivity index (χ4n) is 2.00. The Kier molecular flexibility index (Phi) is 5.17. The minimum atomic E-state index is -0.523. The zero-order chi connectivity index (χ0) is 15.5. The van der Waals surface area contributed by atoms with Crippen molar-refractivity contribution in [3.05, 3.63) is 29.8 Å². The van der Waals surface area contributed by atoms with Gasteiger partial charge in [0.05, 0.1) is 19.2 Å². The smallest absolute Gasteiger partial charge is 0.240 e. The van der Waals surface area contributed by atoms with E-state index < -0.39 is 6.04 Å². The molecular formula is C16H26N2O2. The second kappa shape index (κ2) is 6.27. The molecule has 112 valence electrons. The molecule has 0 aliphatic carbocycles. The van der Waals surface area contributed by atoms with E-state index in [1.807, 2.05) is 52.0 Å². The van der Waals surface area contributed by atoms with Crippen LogP contribution in [0.3, 0.4) is 0 Å². The summed E-state index contributed by atoms with van der Waals surface area (Å²) in [6, 6.07) is 7.11. The lowest BCUT2D eigenvalue weighted by Gasteiger charge is -2.33. The fourth-order valence-corrected chi connectivity index (χ4v) is 2.00. The van der Waals surface area contributed by atoms with Crippen LogP contribution in [0.25, 0.3) is 0 Å². The van der Waals surface area contributed by atoms with E-state index in [0.717, 1.165) is 11.3 Å². The molecule has 1 aromatic carbocycles. The summed E-state index contributed by atoms with van der Waals surface area (Å²) in [5.74, 6) is 0.722. The largest absolute Gasteiger partial charge is 0.496 e. The van der Waals surface area contributed by atoms with Gasteiger partial charge < -0.3 is 15.4 Å². The lowest BCUT2D eigenvalue weighted by Crippen LogP contribution is -2.49. The van der Waals surface area contributed by atoms with Crippen molar-refractivity contribution in [2.24, 2.45) is 11.1 Å². The Morgan fingerprint density at radius 1 is 1.30 bits per heavy atom. The number of benzene rings is 1. The molecule has 0 aromatic heterocycles. The van der Waals surface area contributed by atoms with E-state index in [1.54, 1.807) is 19.1 Å². The molecule has 1 aromatic rings. The van der Waals surface area contributed by atoms with Crippen LogP contribution in [-0.4, -0.2) is 31.0 Å². The molecule has 1 rings (SSSR count). The van der Waals surface area contributed by atoms with E-state index in [1.165, 1.54) is 0 Å². The second-order valence-electron chi connectivity index (χ2n) is 6.21. The van der Waals surface area contributed by atoms with Gasteiger partial charge in [0.15, 0.2) is 0 Å². The maximum atomic E-state index is 12.5. The molecule has 4 nitrogen and oxygen atoms in total. The molecule has 0 spiro atoms. The molecule has 0 aliphatic rings. The Hall–Kier alpha value is -1.55. The third-order valence-electron chi connectivity index (χ3n) is 3.72. The number of hydrogen-bond acceptors (Lipinski definition) is 3. The highest BCUT2D eigenvalue weighted by Crippen LogP contribution is 2.29. The summed E-state index contributed by atoms with van der Waals surface area (Å²) in [6.45, 7) is 7.89. The van der Waals surface area contributed by atoms with Crippen LogP contribution < -0.4 is 10.5 Å². The molecule has 0 fully saturated rings. The SMILES string of the molecule is COc1ccccc1C(C)N(C)C(=O)[C@H](N)C(C)(C)C. The Morgan fingerprint density at radius 2 is 1.85 bits per heavy atom. The van der Waals surface area contributed by atoms with Crippen LogP contribution in [-0.2, 0) is 4.79 Å². The molecule has 1 amide bonds. The third-order valence-corrected chi connectivity index (χ3v) is 3.72. The molecule has 4 heteroatoms. The average molecular weight is 278 g/mol. The second-order valence-corrected chi connectivity index (χ2v) is 6.21. The number of carbonyl (C=O) groups is 1. The van der Waals surface area contributed by atoms with Crippen LogP contribution in [0.5, 0.6) is 5.75 Å². The number of nitrogens with two attached hydrogens (primary N) is 1. The summed E-state index contributed by atoms with van der Waals surface area (Å²) < 4.78 is 5.35. The van der Waals surface area contributed by atoms with E-state index in [9.17, 15) is 4.79 Å². The molecule has 0 bridgehead atoms. The Morgan fingerprint density at radius 3 is 2.35 bits per heavy atom. The number of likely N-dealkylation sites (N-methyl/N-ethyl adjacent to an activating group) is 1. The first-order chi connectivity index (χ1) is 9.20. The Balaban J connectivity index is 2.97. The molecule has 20 heavy (non-hydrogen) atoms. The quantitative estimate of drug-likeness (QED) is 0.921. The van der Waals surface area contributed by atoms with Crippen LogP contribution >= 0.6 is 0 Å². The topological polar surface area (TPSA) is 55.6 Å². The predicted molar refractivity (Wildman–Crippen MR) is 81.6 cm³/mol. The van der Waals surface area contributed by atoms with Gasteiger partial charge >= 0.3 is 0 Å². The van der Waals surface area contributed by atoms with E-state index in [2.05, 4.69) is 0 Å². The lowest BCUT2D eigenvalue weighted by molar-refractivity contribution is -0.135. The zero-order valence-electron chi connectivity index (χ0n) is 13.3. The maximum absolute atomic E-state index is 12.5. The van der Waals surface area contributed by atoms with Gasteiger partial charge in [0, 0.05) is 12.6 Å². The summed E-state index contributed by atoms with van der Waals surface area (Å²) in [5.41, 5.74) is 6.78.